The van der Waals surface area contributed by atoms with Crippen molar-refractivity contribution < 1.29 is 0 Å². The molecule has 166 valence electrons. The van der Waals surface area contributed by atoms with Crippen LogP contribution >= 0.6 is 0 Å². The lowest BCUT2D eigenvalue weighted by molar-refractivity contribution is 0.402. The van der Waals surface area contributed by atoms with Crippen molar-refractivity contribution in [3.05, 3.63) is 73.1 Å². The van der Waals surface area contributed by atoms with E-state index >= 15 is 0 Å². The Balaban J connectivity index is 1.45. The molecule has 2 N–H and O–H groups in total. The van der Waals surface area contributed by atoms with Crippen molar-refractivity contribution in [3.8, 4) is 33.9 Å². The minimum absolute atomic E-state index is 0.656. The van der Waals surface area contributed by atoms with Gasteiger partial charge in [0.2, 0.25) is 0 Å². The average molecular weight is 448 g/mol. The van der Waals surface area contributed by atoms with E-state index in [0.717, 1.165) is 50.9 Å². The molecule has 6 heterocycles. The highest BCUT2D eigenvalue weighted by Gasteiger charge is 2.17. The SMILES string of the molecule is CN(C)Cc1cncc(-c2cnc3[nH]nc(-c4nc5c(-c6ccncc6)nccc5[nH]4)c3c2)c1. The molecule has 0 bridgehead atoms. The van der Waals surface area contributed by atoms with Gasteiger partial charge in [-0.2, -0.15) is 5.10 Å². The van der Waals surface area contributed by atoms with Crippen molar-refractivity contribution in [1.82, 2.24) is 45.0 Å². The fraction of sp³-hybridized carbons (Fsp3) is 0.120. The summed E-state index contributed by atoms with van der Waals surface area (Å²) in [5.41, 5.74) is 7.95. The summed E-state index contributed by atoms with van der Waals surface area (Å²) in [6.07, 6.45) is 10.9. The third kappa shape index (κ3) is 3.57. The summed E-state index contributed by atoms with van der Waals surface area (Å²) < 4.78 is 0. The molecule has 0 aromatic carbocycles. The molecule has 0 saturated heterocycles. The molecule has 0 atom stereocenters. The van der Waals surface area contributed by atoms with Crippen molar-refractivity contribution in [2.75, 3.05) is 14.1 Å². The predicted molar refractivity (Wildman–Crippen MR) is 131 cm³/mol. The second-order valence-electron chi connectivity index (χ2n) is 8.39. The molecular formula is C25H21N9. The van der Waals surface area contributed by atoms with Crippen molar-refractivity contribution in [2.24, 2.45) is 0 Å². The summed E-state index contributed by atoms with van der Waals surface area (Å²) in [6.45, 7) is 0.820. The Bertz CT molecular complexity index is 1620. The van der Waals surface area contributed by atoms with E-state index in [4.69, 9.17) is 4.98 Å². The number of hydrogen-bond donors (Lipinski definition) is 2. The van der Waals surface area contributed by atoms with Crippen molar-refractivity contribution in [2.45, 2.75) is 6.54 Å². The highest BCUT2D eigenvalue weighted by Crippen LogP contribution is 2.31. The molecule has 0 amide bonds. The van der Waals surface area contributed by atoms with Gasteiger partial charge in [0, 0.05) is 60.4 Å². The van der Waals surface area contributed by atoms with E-state index in [1.54, 1.807) is 18.6 Å². The first-order valence-electron chi connectivity index (χ1n) is 10.8. The van der Waals surface area contributed by atoms with Crippen LogP contribution < -0.4 is 0 Å². The van der Waals surface area contributed by atoms with Crippen molar-refractivity contribution in [1.29, 1.82) is 0 Å². The van der Waals surface area contributed by atoms with Crippen LogP contribution in [0.2, 0.25) is 0 Å². The van der Waals surface area contributed by atoms with Gasteiger partial charge in [-0.25, -0.2) is 9.97 Å². The smallest absolute Gasteiger partial charge is 0.159 e. The van der Waals surface area contributed by atoms with Gasteiger partial charge in [0.25, 0.3) is 0 Å². The largest absolute Gasteiger partial charge is 0.336 e. The van der Waals surface area contributed by atoms with E-state index in [9.17, 15) is 0 Å². The van der Waals surface area contributed by atoms with Crippen LogP contribution in [-0.4, -0.2) is 59.1 Å². The number of rotatable bonds is 5. The maximum absolute atomic E-state index is 4.86. The van der Waals surface area contributed by atoms with Crippen LogP contribution in [0.5, 0.6) is 0 Å². The lowest BCUT2D eigenvalue weighted by Gasteiger charge is -2.10. The Morgan fingerprint density at radius 3 is 2.53 bits per heavy atom. The summed E-state index contributed by atoms with van der Waals surface area (Å²) >= 11 is 0. The van der Waals surface area contributed by atoms with Crippen molar-refractivity contribution in [3.63, 3.8) is 0 Å². The molecule has 0 spiro atoms. The van der Waals surface area contributed by atoms with Gasteiger partial charge in [-0.05, 0) is 50.0 Å². The average Bonchev–Trinajstić information content (AvgIpc) is 3.48. The molecule has 0 fully saturated rings. The molecule has 0 aliphatic rings. The monoisotopic (exact) mass is 447 g/mol. The fourth-order valence-electron chi connectivity index (χ4n) is 4.11. The molecule has 6 rings (SSSR count). The normalized spacial score (nSPS) is 11.6. The molecule has 0 aliphatic carbocycles. The van der Waals surface area contributed by atoms with Gasteiger partial charge in [0.05, 0.1) is 16.6 Å². The quantitative estimate of drug-likeness (QED) is 0.409. The van der Waals surface area contributed by atoms with Crippen LogP contribution in [0.15, 0.2) is 67.5 Å². The number of aromatic nitrogens is 8. The summed E-state index contributed by atoms with van der Waals surface area (Å²) in [7, 11) is 4.09. The Kier molecular flexibility index (Phi) is 4.81. The molecule has 0 radical (unpaired) electrons. The zero-order valence-corrected chi connectivity index (χ0v) is 18.7. The Morgan fingerprint density at radius 2 is 1.68 bits per heavy atom. The third-order valence-electron chi connectivity index (χ3n) is 5.62. The highest BCUT2D eigenvalue weighted by molar-refractivity contribution is 5.96. The fourth-order valence-corrected chi connectivity index (χ4v) is 4.11. The molecular weight excluding hydrogens is 426 g/mol. The Morgan fingerprint density at radius 1 is 0.824 bits per heavy atom. The standard InChI is InChI=1S/C25H21N9/c1-34(2)14-15-9-17(12-27-11-15)18-10-19-22(32-33-24(19)29-13-18)25-30-20-5-8-28-21(23(20)31-25)16-3-6-26-7-4-16/h3-13H,14H2,1-2H3,(H,30,31)(H,29,32,33). The zero-order chi connectivity index (χ0) is 23.1. The molecule has 0 saturated carbocycles. The predicted octanol–water partition coefficient (Wildman–Crippen LogP) is 4.08. The third-order valence-corrected chi connectivity index (χ3v) is 5.62. The lowest BCUT2D eigenvalue weighted by Crippen LogP contribution is -2.10. The Hall–Kier alpha value is -4.50. The number of nitrogens with zero attached hydrogens (tertiary/aromatic N) is 7. The summed E-state index contributed by atoms with van der Waals surface area (Å²) in [6, 6.07) is 9.98. The maximum atomic E-state index is 4.86. The van der Waals surface area contributed by atoms with Crippen LogP contribution in [0.1, 0.15) is 5.56 Å². The number of imidazole rings is 1. The lowest BCUT2D eigenvalue weighted by atomic mass is 10.1. The van der Waals surface area contributed by atoms with Gasteiger partial charge >= 0.3 is 0 Å². The van der Waals surface area contributed by atoms with Crippen LogP contribution in [0.25, 0.3) is 56.0 Å². The molecule has 9 heteroatoms. The second-order valence-corrected chi connectivity index (χ2v) is 8.39. The maximum Gasteiger partial charge on any atom is 0.159 e. The van der Waals surface area contributed by atoms with E-state index in [1.165, 1.54) is 0 Å². The van der Waals surface area contributed by atoms with Crippen molar-refractivity contribution >= 4 is 22.1 Å². The van der Waals surface area contributed by atoms with E-state index in [-0.39, 0.29) is 0 Å². The number of aromatic amines is 2. The van der Waals surface area contributed by atoms with Gasteiger partial charge in [-0.3, -0.25) is 20.1 Å². The van der Waals surface area contributed by atoms with Gasteiger partial charge < -0.3 is 9.88 Å². The van der Waals surface area contributed by atoms with E-state index < -0.39 is 0 Å². The van der Waals surface area contributed by atoms with Crippen LogP contribution in [0, 0.1) is 0 Å². The number of H-pyrrole nitrogens is 2. The molecule has 0 aliphatic heterocycles. The van der Waals surface area contributed by atoms with E-state index in [0.29, 0.717) is 17.2 Å². The number of hydrogen-bond acceptors (Lipinski definition) is 7. The molecule has 0 unspecified atom stereocenters. The first kappa shape index (κ1) is 20.1. The topological polar surface area (TPSA) is 112 Å². The van der Waals surface area contributed by atoms with Crippen LogP contribution in [0.4, 0.5) is 0 Å². The molecule has 6 aromatic rings. The van der Waals surface area contributed by atoms with E-state index in [2.05, 4.69) is 52.1 Å². The zero-order valence-electron chi connectivity index (χ0n) is 18.7. The second kappa shape index (κ2) is 8.13. The minimum atomic E-state index is 0.656. The first-order chi connectivity index (χ1) is 16.7. The van der Waals surface area contributed by atoms with Gasteiger partial charge in [-0.1, -0.05) is 0 Å². The van der Waals surface area contributed by atoms with Gasteiger partial charge in [0.1, 0.15) is 11.2 Å². The number of nitrogens with one attached hydrogen (secondary N) is 2. The van der Waals surface area contributed by atoms with Gasteiger partial charge in [-0.15, -0.1) is 0 Å². The minimum Gasteiger partial charge on any atom is -0.336 e. The van der Waals surface area contributed by atoms with Crippen LogP contribution in [-0.2, 0) is 6.54 Å². The molecule has 34 heavy (non-hydrogen) atoms. The Labute approximate surface area is 195 Å². The van der Waals surface area contributed by atoms with Crippen LogP contribution in [0.3, 0.4) is 0 Å². The first-order valence-corrected chi connectivity index (χ1v) is 10.8. The summed E-state index contributed by atoms with van der Waals surface area (Å²) in [5.74, 6) is 0.656. The number of pyridine rings is 4. The molecule has 6 aromatic heterocycles. The summed E-state index contributed by atoms with van der Waals surface area (Å²) in [5, 5.41) is 8.43. The van der Waals surface area contributed by atoms with E-state index in [1.807, 2.05) is 50.9 Å². The van der Waals surface area contributed by atoms with Gasteiger partial charge in [0.15, 0.2) is 11.5 Å². The number of fused-ring (bicyclic) bond motifs is 2. The summed E-state index contributed by atoms with van der Waals surface area (Å²) in [4.78, 5) is 28.1. The molecule has 9 nitrogen and oxygen atoms in total. The highest BCUT2D eigenvalue weighted by atomic mass is 15.2.